The summed E-state index contributed by atoms with van der Waals surface area (Å²) in [5.41, 5.74) is 1.19. The third-order valence-corrected chi connectivity index (χ3v) is 1.46. The van der Waals surface area contributed by atoms with E-state index in [1.165, 1.54) is 5.56 Å². The highest BCUT2D eigenvalue weighted by molar-refractivity contribution is 6.13. The van der Waals surface area contributed by atoms with Crippen molar-refractivity contribution in [3.63, 3.8) is 0 Å². The van der Waals surface area contributed by atoms with Gasteiger partial charge in [-0.05, 0) is 17.3 Å². The van der Waals surface area contributed by atoms with Crippen LogP contribution in [0, 0.1) is 0 Å². The molecule has 0 atom stereocenters. The standard InChI is InChI=1S/C9H10ClN/c10-11-8-4-7-9-5-2-1-3-6-9/h1-7,11H,8H2/b7-4+. The Labute approximate surface area is 71.8 Å². The quantitative estimate of drug-likeness (QED) is 0.682. The molecular weight excluding hydrogens is 158 g/mol. The average molecular weight is 168 g/mol. The Morgan fingerprint density at radius 1 is 1.27 bits per heavy atom. The van der Waals surface area contributed by atoms with E-state index in [0.717, 1.165) is 0 Å². The first-order chi connectivity index (χ1) is 5.43. The van der Waals surface area contributed by atoms with Crippen LogP contribution >= 0.6 is 11.8 Å². The summed E-state index contributed by atoms with van der Waals surface area (Å²) in [6, 6.07) is 10.1. The first-order valence-corrected chi connectivity index (χ1v) is 3.86. The molecule has 1 rings (SSSR count). The number of benzene rings is 1. The minimum absolute atomic E-state index is 0.691. The molecule has 0 aromatic heterocycles. The van der Waals surface area contributed by atoms with Crippen molar-refractivity contribution in [2.75, 3.05) is 6.54 Å². The van der Waals surface area contributed by atoms with Crippen LogP contribution < -0.4 is 4.84 Å². The summed E-state index contributed by atoms with van der Waals surface area (Å²) in [4.78, 5) is 2.52. The summed E-state index contributed by atoms with van der Waals surface area (Å²) in [5.74, 6) is 0. The van der Waals surface area contributed by atoms with Crippen LogP contribution in [0.2, 0.25) is 0 Å². The zero-order valence-corrected chi connectivity index (χ0v) is 6.88. The zero-order chi connectivity index (χ0) is 7.94. The van der Waals surface area contributed by atoms with E-state index in [9.17, 15) is 0 Å². The van der Waals surface area contributed by atoms with Crippen LogP contribution in [-0.4, -0.2) is 6.54 Å². The fraction of sp³-hybridized carbons (Fsp3) is 0.111. The minimum atomic E-state index is 0.691. The fourth-order valence-electron chi connectivity index (χ4n) is 0.804. The lowest BCUT2D eigenvalue weighted by atomic mass is 10.2. The highest BCUT2D eigenvalue weighted by Crippen LogP contribution is 1.99. The van der Waals surface area contributed by atoms with Crippen molar-refractivity contribution in [1.82, 2.24) is 4.84 Å². The van der Waals surface area contributed by atoms with Gasteiger partial charge in [0.1, 0.15) is 0 Å². The molecule has 58 valence electrons. The van der Waals surface area contributed by atoms with Gasteiger partial charge in [0.2, 0.25) is 0 Å². The number of hydrogen-bond donors (Lipinski definition) is 1. The van der Waals surface area contributed by atoms with E-state index in [1.807, 2.05) is 42.5 Å². The molecule has 0 unspecified atom stereocenters. The minimum Gasteiger partial charge on any atom is -0.230 e. The number of hydrogen-bond acceptors (Lipinski definition) is 1. The molecule has 0 aliphatic heterocycles. The van der Waals surface area contributed by atoms with Gasteiger partial charge in [0.05, 0.1) is 0 Å². The molecule has 1 nitrogen and oxygen atoms in total. The molecule has 1 N–H and O–H groups in total. The molecule has 0 fully saturated rings. The largest absolute Gasteiger partial charge is 0.230 e. The molecule has 0 radical (unpaired) electrons. The molecule has 0 aliphatic rings. The lowest BCUT2D eigenvalue weighted by Gasteiger charge is -1.89. The number of rotatable bonds is 3. The van der Waals surface area contributed by atoms with E-state index in [-0.39, 0.29) is 0 Å². The average Bonchev–Trinajstić information content (AvgIpc) is 2.07. The SMILES string of the molecule is ClNC/C=C/c1ccccc1. The van der Waals surface area contributed by atoms with Gasteiger partial charge in [0.15, 0.2) is 0 Å². The highest BCUT2D eigenvalue weighted by atomic mass is 35.5. The van der Waals surface area contributed by atoms with E-state index in [2.05, 4.69) is 4.84 Å². The molecule has 0 amide bonds. The third-order valence-electron chi connectivity index (χ3n) is 1.30. The van der Waals surface area contributed by atoms with Gasteiger partial charge < -0.3 is 0 Å². The van der Waals surface area contributed by atoms with E-state index < -0.39 is 0 Å². The fourth-order valence-corrected chi connectivity index (χ4v) is 0.893. The molecule has 2 heteroatoms. The Morgan fingerprint density at radius 2 is 2.00 bits per heavy atom. The van der Waals surface area contributed by atoms with Crippen molar-refractivity contribution in [2.24, 2.45) is 0 Å². The van der Waals surface area contributed by atoms with Crippen molar-refractivity contribution >= 4 is 17.9 Å². The van der Waals surface area contributed by atoms with Gasteiger partial charge in [0.25, 0.3) is 0 Å². The Bertz CT molecular complexity index is 218. The normalized spacial score (nSPS) is 10.6. The first-order valence-electron chi connectivity index (χ1n) is 3.48. The molecule has 0 heterocycles. The maximum absolute atomic E-state index is 5.27. The summed E-state index contributed by atoms with van der Waals surface area (Å²) >= 11 is 5.27. The summed E-state index contributed by atoms with van der Waals surface area (Å²) in [6.07, 6.45) is 4.00. The van der Waals surface area contributed by atoms with Gasteiger partial charge in [-0.2, -0.15) is 0 Å². The van der Waals surface area contributed by atoms with Crippen LogP contribution in [0.3, 0.4) is 0 Å². The molecule has 1 aromatic carbocycles. The van der Waals surface area contributed by atoms with Gasteiger partial charge in [-0.3, -0.25) is 0 Å². The van der Waals surface area contributed by atoms with Crippen LogP contribution in [0.5, 0.6) is 0 Å². The Kier molecular flexibility index (Phi) is 3.73. The van der Waals surface area contributed by atoms with Crippen LogP contribution in [0.25, 0.3) is 6.08 Å². The highest BCUT2D eigenvalue weighted by Gasteiger charge is 1.80. The summed E-state index contributed by atoms with van der Waals surface area (Å²) in [7, 11) is 0. The van der Waals surface area contributed by atoms with Gasteiger partial charge in [-0.15, -0.1) is 0 Å². The number of nitrogens with one attached hydrogen (secondary N) is 1. The summed E-state index contributed by atoms with van der Waals surface area (Å²) in [5, 5.41) is 0. The van der Waals surface area contributed by atoms with E-state index in [0.29, 0.717) is 6.54 Å². The Hall–Kier alpha value is -0.790. The second-order valence-corrected chi connectivity index (χ2v) is 2.42. The lowest BCUT2D eigenvalue weighted by molar-refractivity contribution is 1.12. The summed E-state index contributed by atoms with van der Waals surface area (Å²) < 4.78 is 0. The molecule has 0 saturated heterocycles. The first kappa shape index (κ1) is 8.31. The molecule has 11 heavy (non-hydrogen) atoms. The molecule has 0 saturated carbocycles. The molecule has 0 aliphatic carbocycles. The maximum atomic E-state index is 5.27. The second kappa shape index (κ2) is 4.94. The molecule has 0 spiro atoms. The summed E-state index contributed by atoms with van der Waals surface area (Å²) in [6.45, 7) is 0.691. The van der Waals surface area contributed by atoms with Crippen molar-refractivity contribution < 1.29 is 0 Å². The van der Waals surface area contributed by atoms with E-state index in [4.69, 9.17) is 11.8 Å². The van der Waals surface area contributed by atoms with Crippen molar-refractivity contribution in [2.45, 2.75) is 0 Å². The molecule has 1 aromatic rings. The van der Waals surface area contributed by atoms with Crippen LogP contribution in [0.4, 0.5) is 0 Å². The lowest BCUT2D eigenvalue weighted by Crippen LogP contribution is -1.94. The predicted octanol–water partition coefficient (Wildman–Crippen LogP) is 2.44. The Balaban J connectivity index is 2.50. The maximum Gasteiger partial charge on any atom is 0.0292 e. The predicted molar refractivity (Wildman–Crippen MR) is 49.3 cm³/mol. The van der Waals surface area contributed by atoms with Gasteiger partial charge >= 0.3 is 0 Å². The van der Waals surface area contributed by atoms with Crippen molar-refractivity contribution in [3.8, 4) is 0 Å². The number of halogens is 1. The monoisotopic (exact) mass is 167 g/mol. The second-order valence-electron chi connectivity index (χ2n) is 2.15. The van der Waals surface area contributed by atoms with E-state index in [1.54, 1.807) is 0 Å². The topological polar surface area (TPSA) is 12.0 Å². The van der Waals surface area contributed by atoms with Crippen LogP contribution in [-0.2, 0) is 0 Å². The molecular formula is C9H10ClN. The third kappa shape index (κ3) is 3.21. The van der Waals surface area contributed by atoms with Gasteiger partial charge in [0, 0.05) is 6.54 Å². The Morgan fingerprint density at radius 3 is 2.64 bits per heavy atom. The van der Waals surface area contributed by atoms with Crippen molar-refractivity contribution in [1.29, 1.82) is 0 Å². The van der Waals surface area contributed by atoms with Gasteiger partial charge in [-0.1, -0.05) is 42.5 Å². The van der Waals surface area contributed by atoms with E-state index >= 15 is 0 Å². The smallest absolute Gasteiger partial charge is 0.0292 e. The van der Waals surface area contributed by atoms with Crippen LogP contribution in [0.15, 0.2) is 36.4 Å². The van der Waals surface area contributed by atoms with Crippen LogP contribution in [0.1, 0.15) is 5.56 Å². The van der Waals surface area contributed by atoms with Gasteiger partial charge in [-0.25, -0.2) is 4.84 Å². The molecule has 0 bridgehead atoms. The van der Waals surface area contributed by atoms with Crippen molar-refractivity contribution in [3.05, 3.63) is 42.0 Å². The zero-order valence-electron chi connectivity index (χ0n) is 6.13.